The van der Waals surface area contributed by atoms with Crippen molar-refractivity contribution in [2.45, 2.75) is 50.4 Å². The van der Waals surface area contributed by atoms with Crippen LogP contribution in [0.4, 0.5) is 0 Å². The zero-order valence-electron chi connectivity index (χ0n) is 13.9. The lowest BCUT2D eigenvalue weighted by Crippen LogP contribution is -2.43. The molecule has 2 fully saturated rings. The molecule has 1 aliphatic carbocycles. The minimum absolute atomic E-state index is 0.0324. The maximum absolute atomic E-state index is 5.96. The molecule has 1 aliphatic heterocycles. The van der Waals surface area contributed by atoms with Crippen molar-refractivity contribution in [1.29, 1.82) is 0 Å². The van der Waals surface area contributed by atoms with Crippen molar-refractivity contribution in [3.63, 3.8) is 0 Å². The van der Waals surface area contributed by atoms with E-state index in [0.717, 1.165) is 25.7 Å². The van der Waals surface area contributed by atoms with E-state index in [9.17, 15) is 0 Å². The van der Waals surface area contributed by atoms with E-state index in [4.69, 9.17) is 14.5 Å². The molecule has 1 unspecified atom stereocenters. The summed E-state index contributed by atoms with van der Waals surface area (Å²) in [7, 11) is 0. The van der Waals surface area contributed by atoms with Crippen LogP contribution < -0.4 is 0 Å². The monoisotopic (exact) mass is 324 g/mol. The van der Waals surface area contributed by atoms with Crippen LogP contribution in [0, 0.1) is 0 Å². The van der Waals surface area contributed by atoms with Crippen LogP contribution in [0.1, 0.15) is 37.7 Å². The van der Waals surface area contributed by atoms with Gasteiger partial charge in [0.2, 0.25) is 5.79 Å². The Kier molecular flexibility index (Phi) is 4.65. The number of aryl methyl sites for hydroxylation is 1. The van der Waals surface area contributed by atoms with Gasteiger partial charge in [0.15, 0.2) is 0 Å². The van der Waals surface area contributed by atoms with Crippen molar-refractivity contribution in [1.82, 2.24) is 0 Å². The second-order valence-electron chi connectivity index (χ2n) is 6.83. The number of hydrogen-bond acceptors (Lipinski definition) is 3. The average molecular weight is 324 g/mol. The highest BCUT2D eigenvalue weighted by atomic mass is 17.2. The van der Waals surface area contributed by atoms with Crippen molar-refractivity contribution in [3.05, 3.63) is 60.2 Å². The average Bonchev–Trinajstić information content (AvgIpc) is 3.11. The first-order valence-corrected chi connectivity index (χ1v) is 8.96. The number of benzene rings is 2. The Morgan fingerprint density at radius 2 is 1.58 bits per heavy atom. The Labute approximate surface area is 143 Å². The molecule has 0 aromatic heterocycles. The lowest BCUT2D eigenvalue weighted by Gasteiger charge is -2.35. The van der Waals surface area contributed by atoms with Crippen LogP contribution in [0.15, 0.2) is 54.6 Å². The molecule has 0 bridgehead atoms. The molecule has 24 heavy (non-hydrogen) atoms. The number of ether oxygens (including phenoxy) is 1. The summed E-state index contributed by atoms with van der Waals surface area (Å²) in [5.74, 6) is -0.437. The minimum atomic E-state index is -0.437. The van der Waals surface area contributed by atoms with Gasteiger partial charge in [0.1, 0.15) is 6.10 Å². The topological polar surface area (TPSA) is 27.7 Å². The van der Waals surface area contributed by atoms with Gasteiger partial charge in [-0.05, 0) is 42.4 Å². The molecule has 1 saturated carbocycles. The Hall–Kier alpha value is -1.68. The van der Waals surface area contributed by atoms with E-state index >= 15 is 0 Å². The summed E-state index contributed by atoms with van der Waals surface area (Å²) in [5.41, 5.74) is 3.82. The van der Waals surface area contributed by atoms with Crippen molar-refractivity contribution in [2.75, 3.05) is 6.61 Å². The third kappa shape index (κ3) is 3.54. The van der Waals surface area contributed by atoms with Crippen LogP contribution in [0.5, 0.6) is 0 Å². The highest BCUT2D eigenvalue weighted by Gasteiger charge is 2.41. The van der Waals surface area contributed by atoms with Crippen LogP contribution in [0.3, 0.4) is 0 Å². The fourth-order valence-electron chi connectivity index (χ4n) is 3.55. The van der Waals surface area contributed by atoms with Crippen molar-refractivity contribution < 1.29 is 14.5 Å². The van der Waals surface area contributed by atoms with Crippen molar-refractivity contribution in [3.8, 4) is 11.1 Å². The Morgan fingerprint density at radius 1 is 0.875 bits per heavy atom. The molecule has 1 saturated heterocycles. The highest BCUT2D eigenvalue weighted by Crippen LogP contribution is 2.37. The summed E-state index contributed by atoms with van der Waals surface area (Å²) in [5, 5.41) is 0. The van der Waals surface area contributed by atoms with Gasteiger partial charge >= 0.3 is 0 Å². The quantitative estimate of drug-likeness (QED) is 0.748. The van der Waals surface area contributed by atoms with Crippen LogP contribution in [0.2, 0.25) is 0 Å². The van der Waals surface area contributed by atoms with Crippen molar-refractivity contribution in [2.24, 2.45) is 0 Å². The summed E-state index contributed by atoms with van der Waals surface area (Å²) in [6, 6.07) is 19.2. The van der Waals surface area contributed by atoms with Crippen LogP contribution in [-0.2, 0) is 20.9 Å². The van der Waals surface area contributed by atoms with Gasteiger partial charge in [-0.2, -0.15) is 0 Å². The maximum atomic E-state index is 5.96. The van der Waals surface area contributed by atoms with E-state index in [1.54, 1.807) is 0 Å². The molecule has 1 heterocycles. The van der Waals surface area contributed by atoms with Gasteiger partial charge in [0, 0.05) is 12.8 Å². The number of rotatable bonds is 4. The lowest BCUT2D eigenvalue weighted by atomic mass is 10.0. The second kappa shape index (κ2) is 7.06. The Bertz CT molecular complexity index is 635. The SMILES string of the molecule is c1ccc(-c2ccc(CCC3COC4(CCCC4)OO3)cc2)cc1. The van der Waals surface area contributed by atoms with Gasteiger partial charge in [-0.15, -0.1) is 0 Å². The smallest absolute Gasteiger partial charge is 0.201 e. The Morgan fingerprint density at radius 3 is 2.25 bits per heavy atom. The van der Waals surface area contributed by atoms with E-state index in [2.05, 4.69) is 48.5 Å². The van der Waals surface area contributed by atoms with Crippen molar-refractivity contribution >= 4 is 0 Å². The zero-order chi connectivity index (χ0) is 16.2. The van der Waals surface area contributed by atoms with Crippen LogP contribution in [-0.4, -0.2) is 18.5 Å². The summed E-state index contributed by atoms with van der Waals surface area (Å²) < 4.78 is 5.96. The van der Waals surface area contributed by atoms with Crippen LogP contribution >= 0.6 is 0 Å². The predicted molar refractivity (Wildman–Crippen MR) is 93.3 cm³/mol. The first-order valence-electron chi connectivity index (χ1n) is 8.96. The van der Waals surface area contributed by atoms with E-state index in [1.165, 1.54) is 29.5 Å². The van der Waals surface area contributed by atoms with Gasteiger partial charge in [-0.1, -0.05) is 54.6 Å². The van der Waals surface area contributed by atoms with Gasteiger partial charge in [-0.25, -0.2) is 9.78 Å². The first kappa shape index (κ1) is 15.8. The molecule has 1 spiro atoms. The molecule has 1 atom stereocenters. The van der Waals surface area contributed by atoms with E-state index in [1.807, 2.05) is 6.07 Å². The number of hydrogen-bond donors (Lipinski definition) is 0. The molecule has 3 nitrogen and oxygen atoms in total. The third-order valence-corrected chi connectivity index (χ3v) is 5.05. The molecule has 3 heteroatoms. The molecule has 0 amide bonds. The van der Waals surface area contributed by atoms with Gasteiger partial charge in [0.05, 0.1) is 6.61 Å². The van der Waals surface area contributed by atoms with E-state index in [-0.39, 0.29) is 6.10 Å². The third-order valence-electron chi connectivity index (χ3n) is 5.05. The van der Waals surface area contributed by atoms with Gasteiger partial charge < -0.3 is 4.74 Å². The molecule has 126 valence electrons. The maximum Gasteiger partial charge on any atom is 0.201 e. The van der Waals surface area contributed by atoms with E-state index in [0.29, 0.717) is 6.61 Å². The van der Waals surface area contributed by atoms with Gasteiger partial charge in [0.25, 0.3) is 0 Å². The summed E-state index contributed by atoms with van der Waals surface area (Å²) in [4.78, 5) is 11.2. The fraction of sp³-hybridized carbons (Fsp3) is 0.429. The molecular formula is C21H24O3. The Balaban J connectivity index is 1.29. The zero-order valence-corrected chi connectivity index (χ0v) is 13.9. The second-order valence-corrected chi connectivity index (χ2v) is 6.83. The lowest BCUT2D eigenvalue weighted by molar-refractivity contribution is -0.484. The molecule has 4 rings (SSSR count). The summed E-state index contributed by atoms with van der Waals surface area (Å²) in [6.45, 7) is 0.641. The minimum Gasteiger partial charge on any atom is -0.344 e. The molecule has 0 N–H and O–H groups in total. The first-order chi connectivity index (χ1) is 11.8. The molecule has 2 aliphatic rings. The predicted octanol–water partition coefficient (Wildman–Crippen LogP) is 4.90. The molecule has 0 radical (unpaired) electrons. The van der Waals surface area contributed by atoms with Crippen LogP contribution in [0.25, 0.3) is 11.1 Å². The highest BCUT2D eigenvalue weighted by molar-refractivity contribution is 5.63. The van der Waals surface area contributed by atoms with E-state index < -0.39 is 5.79 Å². The largest absolute Gasteiger partial charge is 0.344 e. The summed E-state index contributed by atoms with van der Waals surface area (Å²) in [6.07, 6.45) is 6.18. The summed E-state index contributed by atoms with van der Waals surface area (Å²) >= 11 is 0. The molecule has 2 aromatic carbocycles. The standard InChI is InChI=1S/C21H24O3/c1-2-6-18(7-3-1)19-11-8-17(9-12-19)10-13-20-16-22-21(24-23-20)14-4-5-15-21/h1-3,6-9,11-12,20H,4-5,10,13-16H2. The van der Waals surface area contributed by atoms with Gasteiger partial charge in [-0.3, -0.25) is 0 Å². The molecule has 2 aromatic rings. The normalized spacial score (nSPS) is 22.8. The fourth-order valence-corrected chi connectivity index (χ4v) is 3.55. The molecular weight excluding hydrogens is 300 g/mol.